The van der Waals surface area contributed by atoms with Gasteiger partial charge in [0.05, 0.1) is 23.4 Å². The number of sulfonamides is 2. The topological polar surface area (TPSA) is 126 Å². The van der Waals surface area contributed by atoms with Crippen molar-refractivity contribution in [1.29, 1.82) is 0 Å². The first-order chi connectivity index (χ1) is 18.0. The van der Waals surface area contributed by atoms with Gasteiger partial charge in [-0.2, -0.15) is 0 Å². The number of carbonyl (C=O) groups excluding carboxylic acids is 1. The van der Waals surface area contributed by atoms with E-state index in [9.17, 15) is 21.6 Å². The van der Waals surface area contributed by atoms with Crippen molar-refractivity contribution >= 4 is 43.1 Å². The molecule has 0 aliphatic rings. The second kappa shape index (κ2) is 11.0. The monoisotopic (exact) mass is 550 g/mol. The van der Waals surface area contributed by atoms with Crippen molar-refractivity contribution in [2.45, 2.75) is 18.4 Å². The van der Waals surface area contributed by atoms with E-state index < -0.39 is 26.0 Å². The highest BCUT2D eigenvalue weighted by Gasteiger charge is 2.19. The van der Waals surface area contributed by atoms with Crippen molar-refractivity contribution in [2.24, 2.45) is 0 Å². The van der Waals surface area contributed by atoms with E-state index in [-0.39, 0.29) is 17.3 Å². The number of amides is 1. The molecule has 38 heavy (non-hydrogen) atoms. The van der Waals surface area contributed by atoms with E-state index in [1.165, 1.54) is 53.0 Å². The van der Waals surface area contributed by atoms with Gasteiger partial charge in [0.25, 0.3) is 15.9 Å². The van der Waals surface area contributed by atoms with Crippen LogP contribution in [0.15, 0.2) is 102 Å². The molecular formula is C27H26N4O5S2. The van der Waals surface area contributed by atoms with Gasteiger partial charge in [0, 0.05) is 17.4 Å². The molecule has 0 radical (unpaired) electrons. The number of aromatic nitrogens is 1. The average molecular weight is 551 g/mol. The Morgan fingerprint density at radius 2 is 1.50 bits per heavy atom. The molecule has 0 bridgehead atoms. The van der Waals surface area contributed by atoms with Crippen LogP contribution in [0.4, 0.5) is 17.2 Å². The Morgan fingerprint density at radius 3 is 2.08 bits per heavy atom. The van der Waals surface area contributed by atoms with Crippen LogP contribution in [-0.4, -0.2) is 34.0 Å². The molecule has 0 spiro atoms. The smallest absolute Gasteiger partial charge is 0.263 e. The normalized spacial score (nSPS) is 11.5. The van der Waals surface area contributed by atoms with Crippen LogP contribution in [0, 0.1) is 6.92 Å². The average Bonchev–Trinajstić information content (AvgIpc) is 2.88. The first-order valence-corrected chi connectivity index (χ1v) is 14.8. The summed E-state index contributed by atoms with van der Waals surface area (Å²) in [6.07, 6.45) is 2.61. The second-order valence-electron chi connectivity index (χ2n) is 8.60. The second-order valence-corrected chi connectivity index (χ2v) is 12.2. The van der Waals surface area contributed by atoms with Gasteiger partial charge in [0.1, 0.15) is 5.82 Å². The molecule has 0 saturated carbocycles. The molecule has 11 heteroatoms. The summed E-state index contributed by atoms with van der Waals surface area (Å²) in [4.78, 5) is 16.7. The molecule has 0 aliphatic heterocycles. The molecule has 0 atom stereocenters. The molecule has 3 aromatic carbocycles. The molecule has 4 rings (SSSR count). The quantitative estimate of drug-likeness (QED) is 0.318. The minimum Gasteiger partial charge on any atom is -0.322 e. The van der Waals surface area contributed by atoms with Crippen LogP contribution >= 0.6 is 0 Å². The van der Waals surface area contributed by atoms with E-state index in [1.807, 2.05) is 31.2 Å². The Balaban J connectivity index is 1.44. The number of aryl methyl sites for hydroxylation is 1. The Labute approximate surface area is 222 Å². The summed E-state index contributed by atoms with van der Waals surface area (Å²) in [5, 5.41) is 2.71. The molecule has 4 aromatic rings. The van der Waals surface area contributed by atoms with E-state index in [1.54, 1.807) is 24.3 Å². The predicted molar refractivity (Wildman–Crippen MR) is 148 cm³/mol. The van der Waals surface area contributed by atoms with Crippen LogP contribution in [0.2, 0.25) is 0 Å². The van der Waals surface area contributed by atoms with Gasteiger partial charge in [0.15, 0.2) is 0 Å². The molecule has 196 valence electrons. The molecule has 0 unspecified atom stereocenters. The molecule has 1 aromatic heterocycles. The molecule has 2 N–H and O–H groups in total. The predicted octanol–water partition coefficient (Wildman–Crippen LogP) is 4.41. The van der Waals surface area contributed by atoms with Gasteiger partial charge < -0.3 is 5.32 Å². The van der Waals surface area contributed by atoms with Crippen molar-refractivity contribution in [3.8, 4) is 0 Å². The van der Waals surface area contributed by atoms with E-state index in [0.29, 0.717) is 16.9 Å². The zero-order chi connectivity index (χ0) is 27.3. The maximum atomic E-state index is 12.8. The van der Waals surface area contributed by atoms with Gasteiger partial charge in [-0.1, -0.05) is 35.9 Å². The minimum atomic E-state index is -3.84. The largest absolute Gasteiger partial charge is 0.322 e. The highest BCUT2D eigenvalue weighted by Crippen LogP contribution is 2.23. The number of anilines is 3. The van der Waals surface area contributed by atoms with Gasteiger partial charge in [-0.3, -0.25) is 13.8 Å². The van der Waals surface area contributed by atoms with Crippen molar-refractivity contribution in [2.75, 3.05) is 20.6 Å². The Kier molecular flexibility index (Phi) is 7.79. The number of pyridine rings is 1. The standard InChI is InChI=1S/C27H26N4O5S2/c1-20-6-8-21(9-7-20)19-31(37(2,33)34)24-14-10-22(11-15-24)27(32)29-23-12-16-25(17-13-23)38(35,36)30-26-5-3-4-18-28-26/h3-18H,19H2,1-2H3,(H,28,30)(H,29,32). The van der Waals surface area contributed by atoms with Gasteiger partial charge in [0.2, 0.25) is 10.0 Å². The number of carbonyl (C=O) groups is 1. The van der Waals surface area contributed by atoms with E-state index in [4.69, 9.17) is 0 Å². The van der Waals surface area contributed by atoms with Crippen LogP contribution in [0.25, 0.3) is 0 Å². The molecule has 9 nitrogen and oxygen atoms in total. The summed E-state index contributed by atoms with van der Waals surface area (Å²) in [6.45, 7) is 2.12. The highest BCUT2D eigenvalue weighted by atomic mass is 32.2. The Morgan fingerprint density at radius 1 is 0.842 bits per heavy atom. The van der Waals surface area contributed by atoms with E-state index in [0.717, 1.165) is 17.4 Å². The third-order valence-electron chi connectivity index (χ3n) is 5.59. The fourth-order valence-corrected chi connectivity index (χ4v) is 5.48. The highest BCUT2D eigenvalue weighted by molar-refractivity contribution is 7.92. The van der Waals surface area contributed by atoms with Gasteiger partial charge >= 0.3 is 0 Å². The molecular weight excluding hydrogens is 524 g/mol. The Hall–Kier alpha value is -4.22. The number of nitrogens with one attached hydrogen (secondary N) is 2. The summed E-state index contributed by atoms with van der Waals surface area (Å²) < 4.78 is 53.7. The molecule has 0 saturated heterocycles. The van der Waals surface area contributed by atoms with Crippen LogP contribution in [0.3, 0.4) is 0 Å². The van der Waals surface area contributed by atoms with Crippen LogP contribution in [0.5, 0.6) is 0 Å². The maximum Gasteiger partial charge on any atom is 0.263 e. The lowest BCUT2D eigenvalue weighted by molar-refractivity contribution is 0.102. The first-order valence-electron chi connectivity index (χ1n) is 11.5. The number of nitrogens with zero attached hydrogens (tertiary/aromatic N) is 2. The van der Waals surface area contributed by atoms with Gasteiger partial charge in [-0.05, 0) is 73.2 Å². The molecule has 0 aliphatic carbocycles. The van der Waals surface area contributed by atoms with Crippen molar-refractivity contribution in [3.05, 3.63) is 114 Å². The fourth-order valence-electron chi connectivity index (χ4n) is 3.58. The van der Waals surface area contributed by atoms with Crippen LogP contribution in [-0.2, 0) is 26.6 Å². The van der Waals surface area contributed by atoms with Crippen molar-refractivity contribution < 1.29 is 21.6 Å². The van der Waals surface area contributed by atoms with Gasteiger partial charge in [-0.15, -0.1) is 0 Å². The third-order valence-corrected chi connectivity index (χ3v) is 8.10. The number of benzene rings is 3. The summed E-state index contributed by atoms with van der Waals surface area (Å²) in [6, 6.07) is 24.4. The van der Waals surface area contributed by atoms with E-state index in [2.05, 4.69) is 15.0 Å². The zero-order valence-corrected chi connectivity index (χ0v) is 22.3. The van der Waals surface area contributed by atoms with Gasteiger partial charge in [-0.25, -0.2) is 21.8 Å². The van der Waals surface area contributed by atoms with E-state index >= 15 is 0 Å². The fraction of sp³-hybridized carbons (Fsp3) is 0.111. The lowest BCUT2D eigenvalue weighted by Crippen LogP contribution is -2.29. The number of hydrogen-bond acceptors (Lipinski definition) is 6. The number of hydrogen-bond donors (Lipinski definition) is 2. The summed E-state index contributed by atoms with van der Waals surface area (Å²) in [5.41, 5.74) is 3.05. The summed E-state index contributed by atoms with van der Waals surface area (Å²) in [7, 11) is -7.41. The molecule has 1 heterocycles. The SMILES string of the molecule is Cc1ccc(CN(c2ccc(C(=O)Nc3ccc(S(=O)(=O)Nc4ccccn4)cc3)cc2)S(C)(=O)=O)cc1. The number of rotatable bonds is 9. The minimum absolute atomic E-state index is 0.0138. The maximum absolute atomic E-state index is 12.8. The summed E-state index contributed by atoms with van der Waals surface area (Å²) >= 11 is 0. The molecule has 0 fully saturated rings. The van der Waals surface area contributed by atoms with Crippen molar-refractivity contribution in [1.82, 2.24) is 4.98 Å². The lowest BCUT2D eigenvalue weighted by atomic mass is 10.1. The zero-order valence-electron chi connectivity index (χ0n) is 20.7. The van der Waals surface area contributed by atoms with Crippen molar-refractivity contribution in [3.63, 3.8) is 0 Å². The third kappa shape index (κ3) is 6.75. The van der Waals surface area contributed by atoms with Crippen LogP contribution in [0.1, 0.15) is 21.5 Å². The Bertz CT molecular complexity index is 1620. The molecule has 1 amide bonds. The lowest BCUT2D eigenvalue weighted by Gasteiger charge is -2.23. The first kappa shape index (κ1) is 26.8. The van der Waals surface area contributed by atoms with Crippen LogP contribution < -0.4 is 14.3 Å². The summed E-state index contributed by atoms with van der Waals surface area (Å²) in [5.74, 6) is -0.232.